The number of methoxy groups -OCH3 is 1. The minimum atomic E-state index is -0.623. The van der Waals surface area contributed by atoms with E-state index in [0.717, 1.165) is 5.56 Å². The fourth-order valence-electron chi connectivity index (χ4n) is 1.76. The topological polar surface area (TPSA) is 55.4 Å². The Bertz CT molecular complexity index is 608. The third-order valence-corrected chi connectivity index (χ3v) is 2.79. The first-order chi connectivity index (χ1) is 9.69. The molecule has 0 aliphatic rings. The van der Waals surface area contributed by atoms with Gasteiger partial charge in [-0.25, -0.2) is 0 Å². The summed E-state index contributed by atoms with van der Waals surface area (Å²) < 4.78 is 5.06. The number of anilines is 1. The lowest BCUT2D eigenvalue weighted by atomic mass is 10.1. The van der Waals surface area contributed by atoms with Crippen molar-refractivity contribution in [1.82, 2.24) is 0 Å². The van der Waals surface area contributed by atoms with E-state index in [9.17, 15) is 9.59 Å². The Hall–Kier alpha value is -2.62. The van der Waals surface area contributed by atoms with Crippen molar-refractivity contribution in [3.05, 3.63) is 60.2 Å². The minimum absolute atomic E-state index is 0.0939. The predicted molar refractivity (Wildman–Crippen MR) is 76.8 cm³/mol. The molecule has 102 valence electrons. The van der Waals surface area contributed by atoms with Gasteiger partial charge >= 0.3 is 0 Å². The summed E-state index contributed by atoms with van der Waals surface area (Å²) in [7, 11) is 1.54. The Morgan fingerprint density at radius 2 is 1.80 bits per heavy atom. The molecule has 0 saturated carbocycles. The first-order valence-electron chi connectivity index (χ1n) is 6.21. The molecule has 2 aromatic carbocycles. The van der Waals surface area contributed by atoms with Crippen LogP contribution in [0.25, 0.3) is 0 Å². The highest BCUT2D eigenvalue weighted by atomic mass is 16.5. The van der Waals surface area contributed by atoms with Crippen molar-refractivity contribution >= 4 is 17.4 Å². The van der Waals surface area contributed by atoms with Crippen LogP contribution in [0.15, 0.2) is 54.6 Å². The van der Waals surface area contributed by atoms with Crippen molar-refractivity contribution in [1.29, 1.82) is 0 Å². The minimum Gasteiger partial charge on any atom is -0.497 e. The summed E-state index contributed by atoms with van der Waals surface area (Å²) in [4.78, 5) is 23.6. The van der Waals surface area contributed by atoms with Crippen molar-refractivity contribution in [3.8, 4) is 5.75 Å². The van der Waals surface area contributed by atoms with Gasteiger partial charge in [-0.1, -0.05) is 36.4 Å². The zero-order valence-corrected chi connectivity index (χ0v) is 11.1. The van der Waals surface area contributed by atoms with Crippen LogP contribution in [0.1, 0.15) is 5.56 Å². The van der Waals surface area contributed by atoms with Crippen molar-refractivity contribution in [2.75, 3.05) is 12.4 Å². The molecule has 0 aliphatic carbocycles. The van der Waals surface area contributed by atoms with E-state index < -0.39 is 11.7 Å². The molecular weight excluding hydrogens is 254 g/mol. The van der Waals surface area contributed by atoms with Gasteiger partial charge in [0.05, 0.1) is 7.11 Å². The summed E-state index contributed by atoms with van der Waals surface area (Å²) >= 11 is 0. The summed E-state index contributed by atoms with van der Waals surface area (Å²) in [5.41, 5.74) is 1.36. The zero-order chi connectivity index (χ0) is 14.4. The average molecular weight is 269 g/mol. The third kappa shape index (κ3) is 3.68. The van der Waals surface area contributed by atoms with Crippen LogP contribution in [-0.2, 0) is 16.0 Å². The number of ether oxygens (including phenoxy) is 1. The molecule has 1 N–H and O–H groups in total. The Morgan fingerprint density at radius 3 is 2.50 bits per heavy atom. The van der Waals surface area contributed by atoms with Crippen LogP contribution in [-0.4, -0.2) is 18.8 Å². The maximum atomic E-state index is 11.8. The molecule has 0 radical (unpaired) electrons. The maximum absolute atomic E-state index is 11.8. The van der Waals surface area contributed by atoms with Gasteiger partial charge in [0.1, 0.15) is 5.75 Å². The van der Waals surface area contributed by atoms with Gasteiger partial charge in [0.15, 0.2) is 0 Å². The van der Waals surface area contributed by atoms with Gasteiger partial charge in [-0.05, 0) is 17.7 Å². The van der Waals surface area contributed by atoms with Crippen molar-refractivity contribution in [2.45, 2.75) is 6.42 Å². The van der Waals surface area contributed by atoms with E-state index >= 15 is 0 Å². The van der Waals surface area contributed by atoms with Gasteiger partial charge < -0.3 is 10.1 Å². The lowest BCUT2D eigenvalue weighted by molar-refractivity contribution is -0.134. The van der Waals surface area contributed by atoms with Gasteiger partial charge in [-0.3, -0.25) is 9.59 Å². The molecule has 20 heavy (non-hydrogen) atoms. The van der Waals surface area contributed by atoms with Crippen LogP contribution < -0.4 is 10.1 Å². The number of ketones is 1. The highest BCUT2D eigenvalue weighted by Crippen LogP contribution is 2.16. The number of carbonyl (C=O) groups is 2. The molecule has 0 spiro atoms. The first kappa shape index (κ1) is 13.8. The van der Waals surface area contributed by atoms with Gasteiger partial charge in [0, 0.05) is 18.2 Å². The molecule has 0 saturated heterocycles. The van der Waals surface area contributed by atoms with Crippen LogP contribution in [0, 0.1) is 0 Å². The number of carbonyl (C=O) groups excluding carboxylic acids is 2. The molecule has 0 bridgehead atoms. The molecule has 0 aliphatic heterocycles. The van der Waals surface area contributed by atoms with Gasteiger partial charge in [0.25, 0.3) is 5.91 Å². The number of rotatable bonds is 5. The van der Waals surface area contributed by atoms with Crippen LogP contribution in [0.3, 0.4) is 0 Å². The van der Waals surface area contributed by atoms with E-state index in [1.807, 2.05) is 30.3 Å². The summed E-state index contributed by atoms with van der Waals surface area (Å²) in [6, 6.07) is 16.0. The molecule has 0 fully saturated rings. The molecular formula is C16H15NO3. The summed E-state index contributed by atoms with van der Waals surface area (Å²) in [6.45, 7) is 0. The van der Waals surface area contributed by atoms with Crippen molar-refractivity contribution in [3.63, 3.8) is 0 Å². The fraction of sp³-hybridized carbons (Fsp3) is 0.125. The van der Waals surface area contributed by atoms with E-state index in [2.05, 4.69) is 5.32 Å². The van der Waals surface area contributed by atoms with E-state index in [0.29, 0.717) is 11.4 Å². The Morgan fingerprint density at radius 1 is 1.05 bits per heavy atom. The number of Topliss-reactive ketones (excluding diaryl/α,β-unsaturated/α-hetero) is 1. The molecule has 1 amide bonds. The highest BCUT2D eigenvalue weighted by Gasteiger charge is 2.14. The van der Waals surface area contributed by atoms with Crippen molar-refractivity contribution in [2.24, 2.45) is 0 Å². The van der Waals surface area contributed by atoms with Crippen molar-refractivity contribution < 1.29 is 14.3 Å². The summed E-state index contributed by atoms with van der Waals surface area (Å²) in [5.74, 6) is -0.473. The first-order valence-corrected chi connectivity index (χ1v) is 6.21. The lowest BCUT2D eigenvalue weighted by Gasteiger charge is -2.06. The number of hydrogen-bond acceptors (Lipinski definition) is 3. The molecule has 2 aromatic rings. The standard InChI is InChI=1S/C16H15NO3/c1-20-14-9-5-8-13(11-14)17-16(19)15(18)10-12-6-3-2-4-7-12/h2-9,11H,10H2,1H3,(H,17,19). The normalized spacial score (nSPS) is 9.85. The second-order valence-corrected chi connectivity index (χ2v) is 4.27. The highest BCUT2D eigenvalue weighted by molar-refractivity contribution is 6.41. The molecule has 2 rings (SSSR count). The van der Waals surface area contributed by atoms with E-state index in [1.54, 1.807) is 31.4 Å². The second kappa shape index (κ2) is 6.52. The third-order valence-electron chi connectivity index (χ3n) is 2.79. The maximum Gasteiger partial charge on any atom is 0.292 e. The monoisotopic (exact) mass is 269 g/mol. The second-order valence-electron chi connectivity index (χ2n) is 4.27. The predicted octanol–water partition coefficient (Wildman–Crippen LogP) is 2.45. The quantitative estimate of drug-likeness (QED) is 0.848. The molecule has 4 heteroatoms. The number of amides is 1. The average Bonchev–Trinajstić information content (AvgIpc) is 2.48. The smallest absolute Gasteiger partial charge is 0.292 e. The van der Waals surface area contributed by atoms with Crippen LogP contribution in [0.2, 0.25) is 0 Å². The lowest BCUT2D eigenvalue weighted by Crippen LogP contribution is -2.24. The summed E-state index contributed by atoms with van der Waals surface area (Å²) in [5, 5.41) is 2.57. The van der Waals surface area contributed by atoms with E-state index in [4.69, 9.17) is 4.74 Å². The summed E-state index contributed by atoms with van der Waals surface area (Å²) in [6.07, 6.45) is 0.0939. The van der Waals surface area contributed by atoms with Crippen LogP contribution in [0.4, 0.5) is 5.69 Å². The molecule has 0 heterocycles. The molecule has 0 atom stereocenters. The van der Waals surface area contributed by atoms with Crippen LogP contribution in [0.5, 0.6) is 5.75 Å². The largest absolute Gasteiger partial charge is 0.497 e. The number of nitrogens with one attached hydrogen (secondary N) is 1. The van der Waals surface area contributed by atoms with Gasteiger partial charge in [0.2, 0.25) is 5.78 Å². The fourth-order valence-corrected chi connectivity index (χ4v) is 1.76. The molecule has 0 aromatic heterocycles. The van der Waals surface area contributed by atoms with Gasteiger partial charge in [-0.15, -0.1) is 0 Å². The zero-order valence-electron chi connectivity index (χ0n) is 11.1. The Labute approximate surface area is 117 Å². The number of benzene rings is 2. The SMILES string of the molecule is COc1cccc(NC(=O)C(=O)Cc2ccccc2)c1. The molecule has 4 nitrogen and oxygen atoms in total. The Balaban J connectivity index is 1.99. The van der Waals surface area contributed by atoms with E-state index in [-0.39, 0.29) is 6.42 Å². The molecule has 0 unspecified atom stereocenters. The van der Waals surface area contributed by atoms with Gasteiger partial charge in [-0.2, -0.15) is 0 Å². The Kier molecular flexibility index (Phi) is 4.50. The van der Waals surface area contributed by atoms with Crippen LogP contribution >= 0.6 is 0 Å². The van der Waals surface area contributed by atoms with E-state index in [1.165, 1.54) is 0 Å². The number of hydrogen-bond donors (Lipinski definition) is 1.